The maximum atomic E-state index is 4.13. The van der Waals surface area contributed by atoms with Gasteiger partial charge in [0, 0.05) is 4.47 Å². The first-order valence-corrected chi connectivity index (χ1v) is 12.6. The van der Waals surface area contributed by atoms with Crippen LogP contribution in [0.25, 0.3) is 43.4 Å². The highest BCUT2D eigenvalue weighted by molar-refractivity contribution is 9.10. The Morgan fingerprint density at radius 3 is 1.39 bits per heavy atom. The van der Waals surface area contributed by atoms with E-state index < -0.39 is 0 Å². The van der Waals surface area contributed by atoms with Gasteiger partial charge in [-0.15, -0.1) is 21.9 Å². The van der Waals surface area contributed by atoms with Crippen molar-refractivity contribution in [1.29, 1.82) is 0 Å². The van der Waals surface area contributed by atoms with Gasteiger partial charge in [-0.25, -0.2) is 0 Å². The van der Waals surface area contributed by atoms with Crippen LogP contribution in [0, 0.1) is 0 Å². The Hall–Kier alpha value is -2.12. The van der Waals surface area contributed by atoms with Crippen LogP contribution in [0.2, 0.25) is 0 Å². The predicted molar refractivity (Wildman–Crippen MR) is 178 cm³/mol. The van der Waals surface area contributed by atoms with Crippen LogP contribution in [0.1, 0.15) is 0 Å². The summed E-state index contributed by atoms with van der Waals surface area (Å²) in [5.74, 6) is 0. The molecule has 0 aliphatic carbocycles. The Morgan fingerprint density at radius 2 is 0.879 bits per heavy atom. The van der Waals surface area contributed by atoms with E-state index in [4.69, 9.17) is 0 Å². The molecule has 0 heterocycles. The molecular weight excluding hydrogens is 455 g/mol. The monoisotopic (exact) mass is 478 g/mol. The van der Waals surface area contributed by atoms with E-state index in [1.807, 2.05) is 0 Å². The van der Waals surface area contributed by atoms with Gasteiger partial charge in [0.05, 0.1) is 0 Å². The summed E-state index contributed by atoms with van der Waals surface area (Å²) in [5, 5.41) is 8.09. The molecule has 0 bridgehead atoms. The van der Waals surface area contributed by atoms with Crippen molar-refractivity contribution < 1.29 is 0 Å². The normalized spacial score (nSPS) is 11.5. The number of hydrogen-bond acceptors (Lipinski definition) is 0. The first-order chi connectivity index (χ1) is 15.7. The second-order valence-electron chi connectivity index (χ2n) is 9.72. The minimum absolute atomic E-state index is 1.24. The zero-order chi connectivity index (χ0) is 23.8. The Kier molecular flexibility index (Phi) is 5.48. The van der Waals surface area contributed by atoms with Gasteiger partial charge in [-0.3, -0.25) is 0 Å². The number of halogens is 1. The predicted octanol–water partition coefficient (Wildman–Crippen LogP) is -6.36. The molecule has 0 aromatic heterocycles. The average molecular weight is 478 g/mol. The van der Waals surface area contributed by atoms with Gasteiger partial charge in [-0.1, -0.05) is 64.3 Å². The van der Waals surface area contributed by atoms with Gasteiger partial charge >= 0.3 is 0 Å². The van der Waals surface area contributed by atoms with Crippen molar-refractivity contribution in [2.75, 3.05) is 0 Å². The van der Waals surface area contributed by atoms with Crippen molar-refractivity contribution in [3.05, 3.63) is 46.9 Å². The summed E-state index contributed by atoms with van der Waals surface area (Å²) < 4.78 is 1.24. The molecule has 0 saturated heterocycles. The third kappa shape index (κ3) is 3.08. The summed E-state index contributed by atoms with van der Waals surface area (Å²) in [7, 11) is 18.3. The van der Waals surface area contributed by atoms with Gasteiger partial charge < -0.3 is 0 Å². The fraction of sp³-hybridized carbons (Fsp3) is 0. The first-order valence-electron chi connectivity index (χ1n) is 11.8. The summed E-state index contributed by atoms with van der Waals surface area (Å²) in [6.07, 6.45) is 0. The number of fused-ring (bicyclic) bond motifs is 3. The molecule has 9 heteroatoms. The number of rotatable bonds is 1. The summed E-state index contributed by atoms with van der Waals surface area (Å²) in [5.41, 5.74) is 13.8. The summed E-state index contributed by atoms with van der Waals surface area (Å²) in [6.45, 7) is 0. The van der Waals surface area contributed by atoms with Crippen LogP contribution >= 0.6 is 15.9 Å². The van der Waals surface area contributed by atoms with Gasteiger partial charge in [-0.05, 0) is 59.4 Å². The van der Waals surface area contributed by atoms with Crippen molar-refractivity contribution in [2.24, 2.45) is 0 Å². The van der Waals surface area contributed by atoms with Crippen LogP contribution in [0.15, 0.2) is 46.9 Å². The molecule has 0 unspecified atom stereocenters. The molecule has 0 atom stereocenters. The molecule has 5 aromatic rings. The molecule has 5 rings (SSSR count). The summed E-state index contributed by atoms with van der Waals surface area (Å²) in [6, 6.07) is 15.6. The largest absolute Gasteiger partial charge is 0.139 e. The van der Waals surface area contributed by atoms with Crippen LogP contribution in [0.4, 0.5) is 0 Å². The Labute approximate surface area is 212 Å². The van der Waals surface area contributed by atoms with Gasteiger partial charge in [-0.2, -0.15) is 0 Å². The molecule has 0 spiro atoms. The molecule has 33 heavy (non-hydrogen) atoms. The molecule has 150 valence electrons. The minimum Gasteiger partial charge on any atom is -0.101 e. The van der Waals surface area contributed by atoms with Crippen molar-refractivity contribution in [1.82, 2.24) is 0 Å². The number of benzene rings is 5. The fourth-order valence-electron chi connectivity index (χ4n) is 5.76. The minimum atomic E-state index is 1.24. The average Bonchev–Trinajstić information content (AvgIpc) is 2.82. The Bertz CT molecular complexity index is 1570. The van der Waals surface area contributed by atoms with Crippen LogP contribution in [-0.2, 0) is 0 Å². The number of hydrogen-bond donors (Lipinski definition) is 0. The maximum absolute atomic E-state index is 4.13. The SMILES string of the molecule is Bc1c(B)c(B)c2c(-c3cccc4ccccc34)c3c(B)c(B)c(B)c(B)c3c(Br)c2c1B. The van der Waals surface area contributed by atoms with Crippen LogP contribution < -0.4 is 43.7 Å². The molecule has 0 N–H and O–H groups in total. The van der Waals surface area contributed by atoms with Crippen molar-refractivity contribution >= 4 is 155 Å². The third-order valence-corrected chi connectivity index (χ3v) is 9.17. The van der Waals surface area contributed by atoms with Gasteiger partial charge in [0.15, 0.2) is 0 Å². The standard InChI is InChI=1S/C24H23B8Br/c25-16-12-11(10-7-3-5-8-4-1-2-6-9(8)10)13-15(19(28)23(32)21(30)17(13)26)24(33)14(12)18(27)22(31)20(16)29/h1-7H,25-32H2. The second-order valence-corrected chi connectivity index (χ2v) is 10.5. The van der Waals surface area contributed by atoms with Crippen LogP contribution in [-0.4, -0.2) is 62.8 Å². The van der Waals surface area contributed by atoms with E-state index in [0.29, 0.717) is 0 Å². The topological polar surface area (TPSA) is 0 Å². The van der Waals surface area contributed by atoms with E-state index in [1.165, 1.54) is 91.6 Å². The third-order valence-electron chi connectivity index (χ3n) is 8.37. The highest BCUT2D eigenvalue weighted by Gasteiger charge is 2.23. The fourth-order valence-corrected chi connectivity index (χ4v) is 6.75. The Morgan fingerprint density at radius 1 is 0.455 bits per heavy atom. The van der Waals surface area contributed by atoms with Crippen LogP contribution in [0.5, 0.6) is 0 Å². The van der Waals surface area contributed by atoms with E-state index in [2.05, 4.69) is 121 Å². The van der Waals surface area contributed by atoms with Gasteiger partial charge in [0.2, 0.25) is 0 Å². The lowest BCUT2D eigenvalue weighted by Gasteiger charge is -2.26. The van der Waals surface area contributed by atoms with E-state index in [9.17, 15) is 0 Å². The van der Waals surface area contributed by atoms with E-state index in [0.717, 1.165) is 0 Å². The lowest BCUT2D eigenvalue weighted by atomic mass is 9.60. The Balaban J connectivity index is 2.23. The lowest BCUT2D eigenvalue weighted by molar-refractivity contribution is 1.73. The molecule has 0 saturated carbocycles. The lowest BCUT2D eigenvalue weighted by Crippen LogP contribution is -2.49. The first kappa shape index (κ1) is 22.7. The quantitative estimate of drug-likeness (QED) is 0.166. The van der Waals surface area contributed by atoms with Crippen LogP contribution in [0.3, 0.4) is 0 Å². The van der Waals surface area contributed by atoms with Gasteiger partial charge in [0.25, 0.3) is 0 Å². The van der Waals surface area contributed by atoms with Crippen molar-refractivity contribution in [3.63, 3.8) is 0 Å². The second kappa shape index (κ2) is 7.98. The molecule has 0 aliphatic heterocycles. The maximum Gasteiger partial charge on any atom is 0.139 e. The molecule has 0 amide bonds. The zero-order valence-corrected chi connectivity index (χ0v) is 22.5. The van der Waals surface area contributed by atoms with E-state index in [-0.39, 0.29) is 0 Å². The smallest absolute Gasteiger partial charge is 0.101 e. The molecule has 0 nitrogen and oxygen atoms in total. The van der Waals surface area contributed by atoms with E-state index >= 15 is 0 Å². The molecular formula is C24H23B8Br. The van der Waals surface area contributed by atoms with Crippen molar-refractivity contribution in [2.45, 2.75) is 0 Å². The van der Waals surface area contributed by atoms with Crippen molar-refractivity contribution in [3.8, 4) is 11.1 Å². The van der Waals surface area contributed by atoms with E-state index in [1.54, 1.807) is 0 Å². The van der Waals surface area contributed by atoms with Gasteiger partial charge in [0.1, 0.15) is 62.8 Å². The highest BCUT2D eigenvalue weighted by atomic mass is 79.9. The zero-order valence-electron chi connectivity index (χ0n) is 20.9. The molecule has 5 aromatic carbocycles. The summed E-state index contributed by atoms with van der Waals surface area (Å²) >= 11 is 4.13. The molecule has 0 fully saturated rings. The molecule has 0 aliphatic rings. The highest BCUT2D eigenvalue weighted by Crippen LogP contribution is 2.40. The molecule has 0 radical (unpaired) electrons. The summed E-state index contributed by atoms with van der Waals surface area (Å²) in [4.78, 5) is 0.